The molecule has 0 saturated carbocycles. The Labute approximate surface area is 196 Å². The van der Waals surface area contributed by atoms with Gasteiger partial charge in [0.2, 0.25) is 0 Å². The monoisotopic (exact) mass is 470 g/mol. The predicted octanol–water partition coefficient (Wildman–Crippen LogP) is 3.53. The van der Waals surface area contributed by atoms with Crippen molar-refractivity contribution < 1.29 is 20.1 Å². The van der Waals surface area contributed by atoms with Crippen molar-refractivity contribution in [2.45, 2.75) is 44.8 Å². The molecule has 0 spiro atoms. The van der Waals surface area contributed by atoms with Gasteiger partial charge in [0, 0.05) is 31.1 Å². The Bertz CT molecular complexity index is 1140. The Morgan fingerprint density at radius 2 is 2.09 bits per heavy atom. The molecule has 3 heterocycles. The van der Waals surface area contributed by atoms with E-state index in [0.717, 1.165) is 66.9 Å². The number of pyridine rings is 1. The number of aromatic hydroxyl groups is 1. The molecule has 1 aromatic carbocycles. The minimum Gasteiger partial charge on any atom is -0.508 e. The number of carbonyl (C=O) groups is 1. The van der Waals surface area contributed by atoms with Gasteiger partial charge in [-0.05, 0) is 48.6 Å². The highest BCUT2D eigenvalue weighted by Crippen LogP contribution is 2.37. The first-order valence-electron chi connectivity index (χ1n) is 11.3. The van der Waals surface area contributed by atoms with Crippen molar-refractivity contribution in [3.8, 4) is 5.75 Å². The largest absolute Gasteiger partial charge is 0.508 e. The normalized spacial score (nSPS) is 15.8. The lowest BCUT2D eigenvalue weighted by Crippen LogP contribution is -2.44. The molecule has 1 atom stereocenters. The van der Waals surface area contributed by atoms with Crippen molar-refractivity contribution in [1.82, 2.24) is 10.3 Å². The molecule has 1 aliphatic heterocycles. The second-order valence-corrected chi connectivity index (χ2v) is 9.50. The Kier molecular flexibility index (Phi) is 7.02. The van der Waals surface area contributed by atoms with Crippen LogP contribution in [0.2, 0.25) is 0 Å². The molecule has 176 valence electrons. The van der Waals surface area contributed by atoms with Crippen LogP contribution in [-0.4, -0.2) is 51.9 Å². The number of fused-ring (bicyclic) bond motifs is 1. The fourth-order valence-corrected chi connectivity index (χ4v) is 5.39. The number of nitrogens with two attached hydrogens (primary N) is 1. The van der Waals surface area contributed by atoms with E-state index in [1.165, 1.54) is 0 Å². The van der Waals surface area contributed by atoms with Gasteiger partial charge in [-0.1, -0.05) is 25.5 Å². The van der Waals surface area contributed by atoms with Crippen LogP contribution in [-0.2, 0) is 6.42 Å². The zero-order chi connectivity index (χ0) is 23.5. The van der Waals surface area contributed by atoms with E-state index >= 15 is 0 Å². The second kappa shape index (κ2) is 9.94. The lowest BCUT2D eigenvalue weighted by atomic mass is 10.0. The predicted molar refractivity (Wildman–Crippen MR) is 131 cm³/mol. The Morgan fingerprint density at radius 1 is 1.33 bits per heavy atom. The minimum atomic E-state index is -1.01. The number of thiophene rings is 1. The van der Waals surface area contributed by atoms with Gasteiger partial charge in [-0.15, -0.1) is 11.3 Å². The number of aromatic nitrogens is 1. The van der Waals surface area contributed by atoms with E-state index < -0.39 is 12.1 Å². The van der Waals surface area contributed by atoms with E-state index in [4.69, 9.17) is 10.7 Å². The summed E-state index contributed by atoms with van der Waals surface area (Å²) in [7, 11) is 0. The first-order valence-corrected chi connectivity index (χ1v) is 12.1. The van der Waals surface area contributed by atoms with Crippen LogP contribution in [0, 0.1) is 0 Å². The summed E-state index contributed by atoms with van der Waals surface area (Å²) in [5, 5.41) is 33.7. The summed E-state index contributed by atoms with van der Waals surface area (Å²) >= 11 is 1.14. The number of nitrogens with zero attached hydrogens (tertiary/aromatic N) is 2. The molecule has 9 heteroatoms. The summed E-state index contributed by atoms with van der Waals surface area (Å²) in [6.07, 6.45) is 2.88. The Balaban J connectivity index is 1.42. The Hall–Kier alpha value is -2.88. The zero-order valence-corrected chi connectivity index (χ0v) is 19.4. The molecule has 33 heavy (non-hydrogen) atoms. The first-order chi connectivity index (χ1) is 15.9. The number of piperidine rings is 1. The maximum Gasteiger partial charge on any atom is 0.348 e. The van der Waals surface area contributed by atoms with Gasteiger partial charge in [-0.3, -0.25) is 0 Å². The lowest BCUT2D eigenvalue weighted by Gasteiger charge is -2.34. The van der Waals surface area contributed by atoms with Crippen LogP contribution >= 0.6 is 11.3 Å². The van der Waals surface area contributed by atoms with E-state index in [0.29, 0.717) is 22.6 Å². The maximum absolute atomic E-state index is 11.6. The number of phenols is 1. The molecule has 0 radical (unpaired) electrons. The number of aliphatic hydroxyl groups excluding tert-OH is 1. The van der Waals surface area contributed by atoms with Crippen LogP contribution < -0.4 is 16.0 Å². The quantitative estimate of drug-likeness (QED) is 0.338. The second-order valence-electron chi connectivity index (χ2n) is 8.50. The fourth-order valence-electron chi connectivity index (χ4n) is 4.41. The van der Waals surface area contributed by atoms with Crippen LogP contribution in [0.4, 0.5) is 11.5 Å². The van der Waals surface area contributed by atoms with Crippen molar-refractivity contribution in [3.63, 3.8) is 0 Å². The summed E-state index contributed by atoms with van der Waals surface area (Å²) in [4.78, 5) is 19.4. The van der Waals surface area contributed by atoms with Gasteiger partial charge < -0.3 is 31.3 Å². The topological polar surface area (TPSA) is 132 Å². The van der Waals surface area contributed by atoms with Crippen LogP contribution in [0.1, 0.15) is 53.1 Å². The van der Waals surface area contributed by atoms with E-state index in [1.54, 1.807) is 24.3 Å². The van der Waals surface area contributed by atoms with Gasteiger partial charge in [-0.2, -0.15) is 0 Å². The molecule has 3 aromatic rings. The number of carboxylic acids is 1. The van der Waals surface area contributed by atoms with Crippen LogP contribution in [0.3, 0.4) is 0 Å². The molecule has 4 rings (SSSR count). The smallest absolute Gasteiger partial charge is 0.348 e. The molecule has 1 fully saturated rings. The van der Waals surface area contributed by atoms with Crippen LogP contribution in [0.15, 0.2) is 30.3 Å². The highest BCUT2D eigenvalue weighted by Gasteiger charge is 2.24. The molecule has 8 nitrogen and oxygen atoms in total. The van der Waals surface area contributed by atoms with Gasteiger partial charge in [0.1, 0.15) is 21.3 Å². The number of aromatic carboxylic acids is 1. The number of nitrogens with one attached hydrogen (secondary N) is 1. The number of rotatable bonds is 8. The number of carboxylic acid groups (broad SMARTS) is 1. The van der Waals surface area contributed by atoms with E-state index in [2.05, 4.69) is 23.2 Å². The average Bonchev–Trinajstić information content (AvgIpc) is 3.15. The van der Waals surface area contributed by atoms with Crippen LogP contribution in [0.5, 0.6) is 5.75 Å². The van der Waals surface area contributed by atoms with Crippen LogP contribution in [0.25, 0.3) is 10.2 Å². The van der Waals surface area contributed by atoms with E-state index in [1.807, 2.05) is 0 Å². The molecule has 0 aliphatic carbocycles. The maximum atomic E-state index is 11.6. The number of aryl methyl sites for hydroxylation is 1. The molecule has 1 aliphatic rings. The van der Waals surface area contributed by atoms with Crippen molar-refractivity contribution in [2.24, 2.45) is 0 Å². The third-order valence-electron chi connectivity index (χ3n) is 6.15. The van der Waals surface area contributed by atoms with E-state index in [-0.39, 0.29) is 16.7 Å². The molecule has 1 saturated heterocycles. The molecular weight excluding hydrogens is 440 g/mol. The summed E-state index contributed by atoms with van der Waals surface area (Å²) in [5.41, 5.74) is 8.22. The molecule has 0 amide bonds. The number of aliphatic hydroxyl groups is 1. The minimum absolute atomic E-state index is 0.148. The average molecular weight is 471 g/mol. The summed E-state index contributed by atoms with van der Waals surface area (Å²) in [5.74, 6) is -0.00332. The zero-order valence-electron chi connectivity index (χ0n) is 18.6. The molecule has 6 N–H and O–H groups in total. The molecule has 0 bridgehead atoms. The first kappa shape index (κ1) is 23.3. The Morgan fingerprint density at radius 3 is 2.76 bits per heavy atom. The van der Waals surface area contributed by atoms with Gasteiger partial charge in [0.15, 0.2) is 0 Å². The fraction of sp³-hybridized carbons (Fsp3) is 0.417. The highest BCUT2D eigenvalue weighted by atomic mass is 32.1. The van der Waals surface area contributed by atoms with Gasteiger partial charge in [0.25, 0.3) is 0 Å². The number of hydrogen-bond donors (Lipinski definition) is 5. The van der Waals surface area contributed by atoms with Gasteiger partial charge >= 0.3 is 5.97 Å². The van der Waals surface area contributed by atoms with Gasteiger partial charge in [-0.25, -0.2) is 9.78 Å². The third-order valence-corrected chi connectivity index (χ3v) is 7.24. The molecule has 2 aromatic heterocycles. The summed E-state index contributed by atoms with van der Waals surface area (Å²) in [6.45, 7) is 4.15. The van der Waals surface area contributed by atoms with Crippen molar-refractivity contribution in [2.75, 3.05) is 30.3 Å². The highest BCUT2D eigenvalue weighted by molar-refractivity contribution is 7.21. The van der Waals surface area contributed by atoms with E-state index in [9.17, 15) is 20.1 Å². The summed E-state index contributed by atoms with van der Waals surface area (Å²) < 4.78 is 0. The van der Waals surface area contributed by atoms with Crippen molar-refractivity contribution >= 4 is 39.0 Å². The molecule has 1 unspecified atom stereocenters. The number of benzene rings is 1. The molecular formula is C24H30N4O4S. The SMILES string of the molecule is CCCc1cc(N2CCC(NCC(O)c3cccc(O)c3)CC2)nc2sc(C(=O)O)c(N)c12. The third kappa shape index (κ3) is 5.05. The summed E-state index contributed by atoms with van der Waals surface area (Å²) in [6, 6.07) is 9.03. The van der Waals surface area contributed by atoms with Gasteiger partial charge in [0.05, 0.1) is 11.8 Å². The number of anilines is 2. The number of nitrogen functional groups attached to an aromatic ring is 1. The van der Waals surface area contributed by atoms with Crippen molar-refractivity contribution in [3.05, 3.63) is 46.3 Å². The number of phenolic OH excluding ortho intramolecular Hbond substituents is 1. The van der Waals surface area contributed by atoms with Crippen molar-refractivity contribution in [1.29, 1.82) is 0 Å². The number of hydrogen-bond acceptors (Lipinski definition) is 8. The lowest BCUT2D eigenvalue weighted by molar-refractivity contribution is 0.0703. The standard InChI is InChI=1S/C24H30N4O4S/c1-2-4-15-12-19(27-23-20(15)21(25)22(33-23)24(31)32)28-9-7-16(8-10-28)26-13-18(30)14-5-3-6-17(29)11-14/h3,5-6,11-12,16,18,26,29-30H,2,4,7-10,13,25H2,1H3,(H,31,32).